The van der Waals surface area contributed by atoms with Crippen LogP contribution in [0.1, 0.15) is 25.6 Å². The number of carbonyl (C=O) groups is 2. The van der Waals surface area contributed by atoms with Crippen LogP contribution in [0.15, 0.2) is 53.4 Å². The number of sulfonamides is 1. The van der Waals surface area contributed by atoms with E-state index < -0.39 is 21.8 Å². The number of nitrogens with zero attached hydrogens (tertiary/aromatic N) is 1. The molecule has 0 unspecified atom stereocenters. The van der Waals surface area contributed by atoms with E-state index in [4.69, 9.17) is 22.2 Å². The molecule has 0 aliphatic heterocycles. The van der Waals surface area contributed by atoms with Crippen LogP contribution in [0.3, 0.4) is 0 Å². The van der Waals surface area contributed by atoms with Crippen LogP contribution in [0.2, 0.25) is 5.02 Å². The van der Waals surface area contributed by atoms with Crippen molar-refractivity contribution >= 4 is 49.8 Å². The van der Waals surface area contributed by atoms with Gasteiger partial charge in [0.2, 0.25) is 0 Å². The monoisotopic (exact) mass is 493 g/mol. The topological polar surface area (TPSA) is 119 Å². The van der Waals surface area contributed by atoms with Crippen molar-refractivity contribution in [1.29, 1.82) is 0 Å². The van der Waals surface area contributed by atoms with Gasteiger partial charge in [-0.05, 0) is 30.7 Å². The number of hydroxylamine groups is 1. The third-order valence-electron chi connectivity index (χ3n) is 4.69. The Kier molecular flexibility index (Phi) is 7.01. The molecule has 0 bridgehead atoms. The molecule has 0 saturated heterocycles. The minimum atomic E-state index is -4.08. The summed E-state index contributed by atoms with van der Waals surface area (Å²) in [5, 5.41) is 2.88. The largest absolute Gasteiger partial charge is 0.365 e. The first-order chi connectivity index (χ1) is 15.1. The van der Waals surface area contributed by atoms with Crippen LogP contribution in [-0.4, -0.2) is 38.9 Å². The number of aryl methyl sites for hydroxylation is 1. The number of rotatable bonds is 7. The van der Waals surface area contributed by atoms with E-state index in [2.05, 4.69) is 5.32 Å². The number of benzene rings is 2. The molecule has 168 valence electrons. The number of primary amides is 1. The van der Waals surface area contributed by atoms with Crippen LogP contribution in [0.5, 0.6) is 0 Å². The summed E-state index contributed by atoms with van der Waals surface area (Å²) in [6, 6.07) is 13.0. The summed E-state index contributed by atoms with van der Waals surface area (Å²) in [5.41, 5.74) is 7.27. The number of halogens is 1. The molecule has 11 heteroatoms. The molecule has 8 nitrogen and oxygen atoms in total. The van der Waals surface area contributed by atoms with Crippen LogP contribution in [0, 0.1) is 6.92 Å². The highest BCUT2D eigenvalue weighted by molar-refractivity contribution is 7.89. The maximum Gasteiger partial charge on any atom is 0.266 e. The van der Waals surface area contributed by atoms with Crippen molar-refractivity contribution in [3.05, 3.63) is 69.6 Å². The van der Waals surface area contributed by atoms with E-state index in [0.717, 1.165) is 16.5 Å². The van der Waals surface area contributed by atoms with E-state index in [1.54, 1.807) is 0 Å². The van der Waals surface area contributed by atoms with Crippen molar-refractivity contribution in [3.8, 4) is 11.1 Å². The molecule has 2 amide bonds. The van der Waals surface area contributed by atoms with E-state index in [-0.39, 0.29) is 26.0 Å². The second kappa shape index (κ2) is 9.39. The molecule has 32 heavy (non-hydrogen) atoms. The Morgan fingerprint density at radius 2 is 1.81 bits per heavy atom. The number of anilines is 1. The van der Waals surface area contributed by atoms with Gasteiger partial charge in [0.05, 0.1) is 17.7 Å². The Labute approximate surface area is 194 Å². The Bertz CT molecular complexity index is 1290. The van der Waals surface area contributed by atoms with Gasteiger partial charge in [0.15, 0.2) is 0 Å². The van der Waals surface area contributed by atoms with Crippen molar-refractivity contribution < 1.29 is 22.8 Å². The molecule has 1 aromatic heterocycles. The Balaban J connectivity index is 2.02. The molecule has 1 heterocycles. The summed E-state index contributed by atoms with van der Waals surface area (Å²) in [5.74, 6) is -1.31. The molecule has 0 spiro atoms. The highest BCUT2D eigenvalue weighted by Crippen LogP contribution is 2.40. The van der Waals surface area contributed by atoms with Gasteiger partial charge in [0, 0.05) is 23.1 Å². The van der Waals surface area contributed by atoms with Crippen LogP contribution < -0.4 is 11.1 Å². The first kappa shape index (κ1) is 23.9. The van der Waals surface area contributed by atoms with Gasteiger partial charge in [0.25, 0.3) is 21.8 Å². The first-order valence-corrected chi connectivity index (χ1v) is 11.8. The number of nitrogens with one attached hydrogen (secondary N) is 1. The average molecular weight is 494 g/mol. The zero-order valence-corrected chi connectivity index (χ0v) is 19.8. The van der Waals surface area contributed by atoms with Gasteiger partial charge >= 0.3 is 0 Å². The molecular formula is C21H20ClN3O5S2. The molecule has 0 saturated carbocycles. The third kappa shape index (κ3) is 4.54. The summed E-state index contributed by atoms with van der Waals surface area (Å²) in [6.45, 7) is 1.82. The zero-order chi connectivity index (χ0) is 23.6. The van der Waals surface area contributed by atoms with Gasteiger partial charge in [0.1, 0.15) is 9.90 Å². The van der Waals surface area contributed by atoms with E-state index in [9.17, 15) is 18.0 Å². The minimum Gasteiger partial charge on any atom is -0.365 e. The molecule has 0 aliphatic rings. The van der Waals surface area contributed by atoms with Gasteiger partial charge in [-0.3, -0.25) is 14.4 Å². The smallest absolute Gasteiger partial charge is 0.266 e. The van der Waals surface area contributed by atoms with Crippen molar-refractivity contribution in [1.82, 2.24) is 4.47 Å². The molecular weight excluding hydrogens is 474 g/mol. The lowest BCUT2D eigenvalue weighted by atomic mass is 10.0. The Morgan fingerprint density at radius 1 is 1.16 bits per heavy atom. The predicted octanol–water partition coefficient (Wildman–Crippen LogP) is 3.91. The van der Waals surface area contributed by atoms with E-state index >= 15 is 0 Å². The van der Waals surface area contributed by atoms with E-state index in [1.165, 1.54) is 37.6 Å². The Morgan fingerprint density at radius 3 is 2.41 bits per heavy atom. The van der Waals surface area contributed by atoms with Gasteiger partial charge in [-0.25, -0.2) is 8.42 Å². The van der Waals surface area contributed by atoms with Crippen LogP contribution in [0.4, 0.5) is 5.00 Å². The van der Waals surface area contributed by atoms with Gasteiger partial charge in [-0.1, -0.05) is 46.4 Å². The fourth-order valence-corrected chi connectivity index (χ4v) is 5.62. The molecule has 0 aliphatic carbocycles. The predicted molar refractivity (Wildman–Crippen MR) is 124 cm³/mol. The standard InChI is InChI=1S/C21H20ClN3O5S2/c1-12-17(13-7-5-4-6-8-13)18(19(23)26)21(31-12)24-20(27)14-9-10-15(22)16(11-14)32(28,29)25(2)30-3/h4-11H,1-3H3,(H2,23,26)(H,24,27). The van der Waals surface area contributed by atoms with Crippen LogP contribution in [0.25, 0.3) is 11.1 Å². The summed E-state index contributed by atoms with van der Waals surface area (Å²) in [6.07, 6.45) is 0. The number of hydrogen-bond donors (Lipinski definition) is 2. The number of thiophene rings is 1. The Hall–Kier alpha value is -2.76. The molecule has 0 fully saturated rings. The van der Waals surface area contributed by atoms with Crippen molar-refractivity contribution in [2.24, 2.45) is 5.73 Å². The second-order valence-corrected chi connectivity index (χ2v) is 10.2. The molecule has 0 atom stereocenters. The van der Waals surface area contributed by atoms with Crippen LogP contribution >= 0.6 is 22.9 Å². The van der Waals surface area contributed by atoms with Crippen LogP contribution in [-0.2, 0) is 14.9 Å². The zero-order valence-electron chi connectivity index (χ0n) is 17.4. The molecule has 2 aromatic carbocycles. The highest BCUT2D eigenvalue weighted by Gasteiger charge is 2.27. The number of nitrogens with two attached hydrogens (primary N) is 1. The molecule has 3 N–H and O–H groups in total. The van der Waals surface area contributed by atoms with Gasteiger partial charge < -0.3 is 11.1 Å². The minimum absolute atomic E-state index is 0.0280. The number of amides is 2. The fourth-order valence-electron chi connectivity index (χ4n) is 3.07. The third-order valence-corrected chi connectivity index (χ3v) is 7.87. The highest BCUT2D eigenvalue weighted by atomic mass is 35.5. The maximum atomic E-state index is 12.9. The number of hydrogen-bond acceptors (Lipinski definition) is 6. The van der Waals surface area contributed by atoms with E-state index in [0.29, 0.717) is 10.0 Å². The normalized spacial score (nSPS) is 11.5. The lowest BCUT2D eigenvalue weighted by Gasteiger charge is -2.16. The van der Waals surface area contributed by atoms with Crippen molar-refractivity contribution in [2.75, 3.05) is 19.5 Å². The van der Waals surface area contributed by atoms with Gasteiger partial charge in [-0.2, -0.15) is 0 Å². The maximum absolute atomic E-state index is 12.9. The summed E-state index contributed by atoms with van der Waals surface area (Å²) in [7, 11) is -1.68. The second-order valence-electron chi connectivity index (χ2n) is 6.66. The molecule has 3 aromatic rings. The summed E-state index contributed by atoms with van der Waals surface area (Å²) < 4.78 is 25.8. The summed E-state index contributed by atoms with van der Waals surface area (Å²) >= 11 is 7.26. The van der Waals surface area contributed by atoms with Crippen molar-refractivity contribution in [2.45, 2.75) is 11.8 Å². The lowest BCUT2D eigenvalue weighted by Crippen LogP contribution is -2.26. The van der Waals surface area contributed by atoms with E-state index in [1.807, 2.05) is 37.3 Å². The fraction of sp³-hybridized carbons (Fsp3) is 0.143. The first-order valence-electron chi connectivity index (χ1n) is 9.20. The SMILES string of the molecule is CON(C)S(=O)(=O)c1cc(C(=O)Nc2sc(C)c(-c3ccccc3)c2C(N)=O)ccc1Cl. The number of carbonyl (C=O) groups excluding carboxylic acids is 2. The average Bonchev–Trinajstić information content (AvgIpc) is 3.09. The lowest BCUT2D eigenvalue weighted by molar-refractivity contribution is -0.0258. The molecule has 0 radical (unpaired) electrons. The van der Waals surface area contributed by atoms with Gasteiger partial charge in [-0.15, -0.1) is 11.3 Å². The van der Waals surface area contributed by atoms with Crippen molar-refractivity contribution in [3.63, 3.8) is 0 Å². The quantitative estimate of drug-likeness (QED) is 0.483. The molecule has 3 rings (SSSR count). The summed E-state index contributed by atoms with van der Waals surface area (Å²) in [4.78, 5) is 30.4.